The smallest absolute Gasteiger partial charge is 0.307 e. The lowest BCUT2D eigenvalue weighted by Gasteiger charge is -2.13. The van der Waals surface area contributed by atoms with E-state index < -0.39 is 0 Å². The molecule has 4 rings (SSSR count). The molecule has 0 atom stereocenters. The lowest BCUT2D eigenvalue weighted by Crippen LogP contribution is -2.25. The van der Waals surface area contributed by atoms with Gasteiger partial charge in [-0.2, -0.15) is 0 Å². The lowest BCUT2D eigenvalue weighted by molar-refractivity contribution is 0.287. The van der Waals surface area contributed by atoms with Crippen molar-refractivity contribution in [3.63, 3.8) is 0 Å². The molecular weight excluding hydrogens is 390 g/mol. The number of nitrogens with zero attached hydrogens (tertiary/aromatic N) is 2. The van der Waals surface area contributed by atoms with E-state index in [-0.39, 0.29) is 22.9 Å². The third-order valence-electron chi connectivity index (χ3n) is 4.61. The number of ether oxygens (including phenoxy) is 1. The fourth-order valence-electron chi connectivity index (χ4n) is 3.16. The van der Waals surface area contributed by atoms with E-state index in [0.717, 1.165) is 16.9 Å². The summed E-state index contributed by atoms with van der Waals surface area (Å²) < 4.78 is 7.46. The van der Waals surface area contributed by atoms with Crippen LogP contribution in [-0.4, -0.2) is 19.6 Å². The Balaban J connectivity index is 1.51. The molecule has 0 aliphatic heterocycles. The quantitative estimate of drug-likeness (QED) is 0.510. The number of para-hydroxylation sites is 1. The molecule has 7 nitrogen and oxygen atoms in total. The minimum atomic E-state index is -0.276. The van der Waals surface area contributed by atoms with E-state index in [4.69, 9.17) is 4.74 Å². The number of rotatable bonds is 6. The molecule has 8 heteroatoms. The summed E-state index contributed by atoms with van der Waals surface area (Å²) in [7, 11) is 0. The lowest BCUT2D eigenvalue weighted by atomic mass is 10.1. The van der Waals surface area contributed by atoms with Crippen LogP contribution in [0.1, 0.15) is 23.2 Å². The standard InChI is InChI=1S/C21H19N3O4S/c1-2-24-18(22-16-6-4-3-5-15(16)20(24)26)12-28-14-9-7-13(8-10-14)11-17-19(25)23-21(27)29-17/h3-10,25H,2,11-12H2,1H3,(H,23,27). The number of fused-ring (bicyclic) bond motifs is 1. The van der Waals surface area contributed by atoms with Gasteiger partial charge in [-0.1, -0.05) is 35.6 Å². The molecular formula is C21H19N3O4S. The molecule has 4 aromatic rings. The number of aromatic hydroxyl groups is 1. The molecule has 0 aliphatic rings. The van der Waals surface area contributed by atoms with Gasteiger partial charge in [0.05, 0.1) is 15.8 Å². The van der Waals surface area contributed by atoms with Gasteiger partial charge >= 0.3 is 4.87 Å². The van der Waals surface area contributed by atoms with Gasteiger partial charge in [0.25, 0.3) is 5.56 Å². The van der Waals surface area contributed by atoms with Crippen LogP contribution in [0.2, 0.25) is 0 Å². The molecule has 2 aromatic carbocycles. The highest BCUT2D eigenvalue weighted by Gasteiger charge is 2.11. The number of hydrogen-bond acceptors (Lipinski definition) is 6. The molecule has 2 aromatic heterocycles. The maximum absolute atomic E-state index is 12.7. The highest BCUT2D eigenvalue weighted by Crippen LogP contribution is 2.22. The number of hydrogen-bond donors (Lipinski definition) is 2. The van der Waals surface area contributed by atoms with Crippen LogP contribution in [0.4, 0.5) is 0 Å². The third kappa shape index (κ3) is 3.93. The average molecular weight is 409 g/mol. The molecule has 0 saturated carbocycles. The van der Waals surface area contributed by atoms with Crippen LogP contribution >= 0.6 is 11.3 Å². The Bertz CT molecular complexity index is 1270. The van der Waals surface area contributed by atoms with Crippen LogP contribution in [0, 0.1) is 0 Å². The van der Waals surface area contributed by atoms with E-state index in [9.17, 15) is 14.7 Å². The van der Waals surface area contributed by atoms with Crippen molar-refractivity contribution in [2.45, 2.75) is 26.5 Å². The van der Waals surface area contributed by atoms with E-state index >= 15 is 0 Å². The largest absolute Gasteiger partial charge is 0.494 e. The molecule has 29 heavy (non-hydrogen) atoms. The predicted octanol–water partition coefficient (Wildman–Crippen LogP) is 3.04. The highest BCUT2D eigenvalue weighted by atomic mass is 32.1. The van der Waals surface area contributed by atoms with Crippen molar-refractivity contribution in [3.8, 4) is 11.6 Å². The summed E-state index contributed by atoms with van der Waals surface area (Å²) in [6, 6.07) is 14.7. The van der Waals surface area contributed by atoms with Crippen molar-refractivity contribution in [1.29, 1.82) is 0 Å². The van der Waals surface area contributed by atoms with Crippen molar-refractivity contribution >= 4 is 22.2 Å². The Morgan fingerprint density at radius 3 is 2.59 bits per heavy atom. The summed E-state index contributed by atoms with van der Waals surface area (Å²) in [6.45, 7) is 2.59. The number of nitrogens with one attached hydrogen (secondary N) is 1. The fourth-order valence-corrected chi connectivity index (χ4v) is 3.92. The van der Waals surface area contributed by atoms with Crippen molar-refractivity contribution in [1.82, 2.24) is 14.5 Å². The molecule has 0 spiro atoms. The van der Waals surface area contributed by atoms with Crippen LogP contribution in [-0.2, 0) is 19.6 Å². The van der Waals surface area contributed by atoms with Crippen molar-refractivity contribution < 1.29 is 9.84 Å². The second-order valence-corrected chi connectivity index (χ2v) is 7.56. The second kappa shape index (κ2) is 7.92. The van der Waals surface area contributed by atoms with Gasteiger partial charge in [0.15, 0.2) is 0 Å². The monoisotopic (exact) mass is 409 g/mol. The fraction of sp³-hybridized carbons (Fsp3) is 0.190. The predicted molar refractivity (Wildman–Crippen MR) is 112 cm³/mol. The van der Waals surface area contributed by atoms with Gasteiger partial charge in [-0.3, -0.25) is 19.1 Å². The van der Waals surface area contributed by atoms with Gasteiger partial charge in [-0.25, -0.2) is 4.98 Å². The molecule has 0 radical (unpaired) electrons. The SMILES string of the molecule is CCn1c(COc2ccc(Cc3sc(=O)[nH]c3O)cc2)nc2ccccc2c1=O. The van der Waals surface area contributed by atoms with E-state index in [2.05, 4.69) is 9.97 Å². The van der Waals surface area contributed by atoms with E-state index in [0.29, 0.717) is 40.3 Å². The Morgan fingerprint density at radius 1 is 1.14 bits per heavy atom. The Morgan fingerprint density at radius 2 is 1.90 bits per heavy atom. The number of benzene rings is 2. The molecule has 2 N–H and O–H groups in total. The Labute approximate surface area is 169 Å². The minimum Gasteiger partial charge on any atom is -0.494 e. The van der Waals surface area contributed by atoms with Crippen LogP contribution in [0.25, 0.3) is 10.9 Å². The zero-order valence-electron chi connectivity index (χ0n) is 15.7. The maximum atomic E-state index is 12.7. The number of thiazole rings is 1. The normalized spacial score (nSPS) is 11.1. The van der Waals surface area contributed by atoms with Crippen LogP contribution in [0.3, 0.4) is 0 Å². The molecule has 0 unspecified atom stereocenters. The first-order valence-electron chi connectivity index (χ1n) is 9.16. The zero-order chi connectivity index (χ0) is 20.4. The van der Waals surface area contributed by atoms with Gasteiger partial charge in [0.1, 0.15) is 18.2 Å². The number of aromatic amines is 1. The van der Waals surface area contributed by atoms with Crippen LogP contribution < -0.4 is 15.2 Å². The van der Waals surface area contributed by atoms with Gasteiger partial charge in [-0.15, -0.1) is 0 Å². The molecule has 148 valence electrons. The summed E-state index contributed by atoms with van der Waals surface area (Å²) in [5.74, 6) is 1.13. The van der Waals surface area contributed by atoms with Crippen LogP contribution in [0.15, 0.2) is 58.1 Å². The molecule has 0 fully saturated rings. The first-order chi connectivity index (χ1) is 14.0. The van der Waals surface area contributed by atoms with Gasteiger partial charge < -0.3 is 9.84 Å². The Kier molecular flexibility index (Phi) is 5.18. The average Bonchev–Trinajstić information content (AvgIpc) is 3.04. The number of H-pyrrole nitrogens is 1. The number of aromatic nitrogens is 3. The second-order valence-electron chi connectivity index (χ2n) is 6.49. The minimum absolute atomic E-state index is 0.0719. The Hall–Kier alpha value is -3.39. The summed E-state index contributed by atoms with van der Waals surface area (Å²) in [5, 5.41) is 10.3. The van der Waals surface area contributed by atoms with Crippen molar-refractivity contribution in [3.05, 3.63) is 84.8 Å². The molecule has 0 saturated heterocycles. The molecule has 2 heterocycles. The van der Waals surface area contributed by atoms with Crippen LogP contribution in [0.5, 0.6) is 11.6 Å². The molecule has 0 aliphatic carbocycles. The van der Waals surface area contributed by atoms with Gasteiger partial charge in [0, 0.05) is 13.0 Å². The summed E-state index contributed by atoms with van der Waals surface area (Å²) in [4.78, 5) is 31.2. The summed E-state index contributed by atoms with van der Waals surface area (Å²) in [5.41, 5.74) is 1.52. The van der Waals surface area contributed by atoms with Crippen molar-refractivity contribution in [2.75, 3.05) is 0 Å². The van der Waals surface area contributed by atoms with E-state index in [1.54, 1.807) is 10.6 Å². The molecule has 0 bridgehead atoms. The first kappa shape index (κ1) is 18.9. The van der Waals surface area contributed by atoms with Gasteiger partial charge in [0.2, 0.25) is 5.88 Å². The maximum Gasteiger partial charge on any atom is 0.307 e. The van der Waals surface area contributed by atoms with Gasteiger partial charge in [-0.05, 0) is 36.8 Å². The summed E-state index contributed by atoms with van der Waals surface area (Å²) in [6.07, 6.45) is 0.455. The summed E-state index contributed by atoms with van der Waals surface area (Å²) >= 11 is 0.994. The van der Waals surface area contributed by atoms with E-state index in [1.807, 2.05) is 49.4 Å². The zero-order valence-corrected chi connectivity index (χ0v) is 16.5. The van der Waals surface area contributed by atoms with E-state index in [1.165, 1.54) is 0 Å². The first-order valence-corrected chi connectivity index (χ1v) is 9.98. The molecule has 0 amide bonds. The topological polar surface area (TPSA) is 97.2 Å². The third-order valence-corrected chi connectivity index (χ3v) is 5.48. The van der Waals surface area contributed by atoms with Crippen molar-refractivity contribution in [2.24, 2.45) is 0 Å². The highest BCUT2D eigenvalue weighted by molar-refractivity contribution is 7.09.